The molecule has 0 bridgehead atoms. The number of carboxylic acids is 1. The van der Waals surface area contributed by atoms with Crippen LogP contribution in [-0.2, 0) is 14.4 Å². The standard InChI is InChI=1S/C11H14ClN3O4S/c1-2-3-4-19-15-9(10(17)18)7-6-20-11(13-7)14-8(16)5-12/h6H,2-5H2,1H3,(H,17,18)(H,13,14,16). The van der Waals surface area contributed by atoms with Crippen molar-refractivity contribution < 1.29 is 19.5 Å². The molecule has 1 rings (SSSR count). The molecule has 0 aliphatic carbocycles. The predicted octanol–water partition coefficient (Wildman–Crippen LogP) is 1.93. The number of unbranched alkanes of at least 4 members (excludes halogenated alkanes) is 1. The SMILES string of the molecule is CCCCON=C(C(=O)O)c1csc(NC(=O)CCl)n1. The summed E-state index contributed by atoms with van der Waals surface area (Å²) in [6.45, 7) is 2.32. The number of nitrogens with zero attached hydrogens (tertiary/aromatic N) is 2. The summed E-state index contributed by atoms with van der Waals surface area (Å²) in [7, 11) is 0. The lowest BCUT2D eigenvalue weighted by Crippen LogP contribution is -2.16. The van der Waals surface area contributed by atoms with E-state index < -0.39 is 11.9 Å². The molecule has 9 heteroatoms. The summed E-state index contributed by atoms with van der Waals surface area (Å²) < 4.78 is 0. The number of carboxylic acid groups (broad SMARTS) is 1. The number of nitrogens with one attached hydrogen (secondary N) is 1. The second kappa shape index (κ2) is 8.49. The number of thiazole rings is 1. The van der Waals surface area contributed by atoms with E-state index in [0.717, 1.165) is 24.2 Å². The smallest absolute Gasteiger partial charge is 0.360 e. The van der Waals surface area contributed by atoms with Crippen molar-refractivity contribution >= 4 is 45.7 Å². The van der Waals surface area contributed by atoms with E-state index in [2.05, 4.69) is 15.5 Å². The van der Waals surface area contributed by atoms with Crippen LogP contribution in [0.5, 0.6) is 0 Å². The van der Waals surface area contributed by atoms with Gasteiger partial charge in [0, 0.05) is 5.38 Å². The van der Waals surface area contributed by atoms with E-state index in [9.17, 15) is 9.59 Å². The van der Waals surface area contributed by atoms with Gasteiger partial charge in [-0.05, 0) is 6.42 Å². The second-order valence-electron chi connectivity index (χ2n) is 3.65. The number of aliphatic carboxylic acids is 1. The fourth-order valence-corrected chi connectivity index (χ4v) is 1.89. The minimum Gasteiger partial charge on any atom is -0.476 e. The molecule has 0 saturated heterocycles. The van der Waals surface area contributed by atoms with Crippen molar-refractivity contribution in [2.24, 2.45) is 5.16 Å². The van der Waals surface area contributed by atoms with Crippen LogP contribution < -0.4 is 5.32 Å². The Kier molecular flexibility index (Phi) is 6.96. The van der Waals surface area contributed by atoms with Crippen LogP contribution >= 0.6 is 22.9 Å². The number of aromatic nitrogens is 1. The van der Waals surface area contributed by atoms with E-state index in [1.807, 2.05) is 6.92 Å². The summed E-state index contributed by atoms with van der Waals surface area (Å²) >= 11 is 6.43. The van der Waals surface area contributed by atoms with Crippen molar-refractivity contribution in [2.75, 3.05) is 17.8 Å². The highest BCUT2D eigenvalue weighted by molar-refractivity contribution is 7.14. The van der Waals surface area contributed by atoms with Gasteiger partial charge in [0.15, 0.2) is 5.13 Å². The molecular weight excluding hydrogens is 306 g/mol. The van der Waals surface area contributed by atoms with E-state index >= 15 is 0 Å². The van der Waals surface area contributed by atoms with Crippen molar-refractivity contribution in [3.8, 4) is 0 Å². The largest absolute Gasteiger partial charge is 0.476 e. The Morgan fingerprint density at radius 2 is 2.35 bits per heavy atom. The van der Waals surface area contributed by atoms with Crippen LogP contribution in [0.25, 0.3) is 0 Å². The van der Waals surface area contributed by atoms with Crippen molar-refractivity contribution in [1.29, 1.82) is 0 Å². The number of carbonyl (C=O) groups excluding carboxylic acids is 1. The molecule has 0 radical (unpaired) electrons. The number of hydrogen-bond donors (Lipinski definition) is 2. The quantitative estimate of drug-likeness (QED) is 0.330. The van der Waals surface area contributed by atoms with Gasteiger partial charge in [0.05, 0.1) is 0 Å². The summed E-state index contributed by atoms with van der Waals surface area (Å²) in [4.78, 5) is 31.1. The van der Waals surface area contributed by atoms with E-state index in [0.29, 0.717) is 6.61 Å². The van der Waals surface area contributed by atoms with Gasteiger partial charge in [-0.3, -0.25) is 4.79 Å². The third kappa shape index (κ3) is 5.14. The van der Waals surface area contributed by atoms with Gasteiger partial charge in [-0.25, -0.2) is 9.78 Å². The summed E-state index contributed by atoms with van der Waals surface area (Å²) in [6.07, 6.45) is 1.70. The molecule has 0 aromatic carbocycles. The Hall–Kier alpha value is -1.67. The Morgan fingerprint density at radius 3 is 2.95 bits per heavy atom. The maximum atomic E-state index is 11.1. The second-order valence-corrected chi connectivity index (χ2v) is 4.78. The number of amides is 1. The van der Waals surface area contributed by atoms with Crippen LogP contribution in [0.15, 0.2) is 10.5 Å². The van der Waals surface area contributed by atoms with Gasteiger partial charge in [-0.15, -0.1) is 22.9 Å². The molecule has 1 aromatic heterocycles. The van der Waals surface area contributed by atoms with Crippen molar-refractivity contribution in [2.45, 2.75) is 19.8 Å². The molecule has 1 amide bonds. The minimum atomic E-state index is -1.25. The fraction of sp³-hybridized carbons (Fsp3) is 0.455. The molecule has 20 heavy (non-hydrogen) atoms. The first-order valence-electron chi connectivity index (χ1n) is 5.83. The third-order valence-electron chi connectivity index (χ3n) is 2.06. The molecular formula is C11H14ClN3O4S. The lowest BCUT2D eigenvalue weighted by Gasteiger charge is -2.00. The van der Waals surface area contributed by atoms with Crippen molar-refractivity contribution in [3.63, 3.8) is 0 Å². The van der Waals surface area contributed by atoms with Gasteiger partial charge in [0.2, 0.25) is 11.6 Å². The maximum Gasteiger partial charge on any atom is 0.360 e. The number of halogens is 1. The highest BCUT2D eigenvalue weighted by Crippen LogP contribution is 2.16. The normalized spacial score (nSPS) is 11.2. The number of rotatable bonds is 8. The molecule has 0 aliphatic heterocycles. The molecule has 1 aromatic rings. The van der Waals surface area contributed by atoms with Gasteiger partial charge in [-0.2, -0.15) is 0 Å². The van der Waals surface area contributed by atoms with E-state index in [1.54, 1.807) is 0 Å². The number of anilines is 1. The van der Waals surface area contributed by atoms with Gasteiger partial charge >= 0.3 is 5.97 Å². The van der Waals surface area contributed by atoms with Crippen LogP contribution in [0.3, 0.4) is 0 Å². The van der Waals surface area contributed by atoms with Crippen LogP contribution in [0.1, 0.15) is 25.5 Å². The molecule has 7 nitrogen and oxygen atoms in total. The topological polar surface area (TPSA) is 101 Å². The lowest BCUT2D eigenvalue weighted by molar-refractivity contribution is -0.129. The molecule has 0 fully saturated rings. The van der Waals surface area contributed by atoms with E-state index in [1.165, 1.54) is 5.38 Å². The molecule has 0 spiro atoms. The monoisotopic (exact) mass is 319 g/mol. The fourth-order valence-electron chi connectivity index (χ4n) is 1.11. The molecule has 0 atom stereocenters. The first-order chi connectivity index (χ1) is 9.58. The van der Waals surface area contributed by atoms with Gasteiger partial charge < -0.3 is 15.3 Å². The number of alkyl halides is 1. The molecule has 0 aliphatic rings. The predicted molar refractivity (Wildman–Crippen MR) is 76.5 cm³/mol. The third-order valence-corrected chi connectivity index (χ3v) is 3.06. The van der Waals surface area contributed by atoms with Crippen LogP contribution in [0, 0.1) is 0 Å². The Balaban J connectivity index is 2.77. The first-order valence-corrected chi connectivity index (χ1v) is 7.24. The lowest BCUT2D eigenvalue weighted by atomic mass is 10.3. The zero-order valence-electron chi connectivity index (χ0n) is 10.8. The zero-order valence-corrected chi connectivity index (χ0v) is 12.3. The zero-order chi connectivity index (χ0) is 15.0. The Labute approximate surface area is 124 Å². The maximum absolute atomic E-state index is 11.1. The first kappa shape index (κ1) is 16.4. The van der Waals surface area contributed by atoms with E-state index in [-0.39, 0.29) is 22.4 Å². The Bertz CT molecular complexity index is 504. The van der Waals surface area contributed by atoms with Gasteiger partial charge in [0.1, 0.15) is 18.2 Å². The average molecular weight is 320 g/mol. The van der Waals surface area contributed by atoms with E-state index in [4.69, 9.17) is 21.5 Å². The molecule has 0 saturated carbocycles. The number of hydrogen-bond acceptors (Lipinski definition) is 6. The highest BCUT2D eigenvalue weighted by Gasteiger charge is 2.18. The molecule has 2 N–H and O–H groups in total. The average Bonchev–Trinajstić information content (AvgIpc) is 2.86. The van der Waals surface area contributed by atoms with Crippen LogP contribution in [-0.4, -0.2) is 40.2 Å². The minimum absolute atomic E-state index is 0.129. The van der Waals surface area contributed by atoms with Crippen LogP contribution in [0.2, 0.25) is 0 Å². The summed E-state index contributed by atoms with van der Waals surface area (Å²) in [5, 5.41) is 16.8. The number of carbonyl (C=O) groups is 2. The van der Waals surface area contributed by atoms with Crippen molar-refractivity contribution in [1.82, 2.24) is 4.98 Å². The van der Waals surface area contributed by atoms with Gasteiger partial charge in [-0.1, -0.05) is 18.5 Å². The number of oxime groups is 1. The molecule has 0 unspecified atom stereocenters. The molecule has 1 heterocycles. The summed E-state index contributed by atoms with van der Waals surface area (Å²) in [5.41, 5.74) is -0.174. The summed E-state index contributed by atoms with van der Waals surface area (Å²) in [6, 6.07) is 0. The highest BCUT2D eigenvalue weighted by atomic mass is 35.5. The Morgan fingerprint density at radius 1 is 1.60 bits per heavy atom. The van der Waals surface area contributed by atoms with Crippen molar-refractivity contribution in [3.05, 3.63) is 11.1 Å². The molecule has 110 valence electrons. The van der Waals surface area contributed by atoms with Crippen LogP contribution in [0.4, 0.5) is 5.13 Å². The van der Waals surface area contributed by atoms with Gasteiger partial charge in [0.25, 0.3) is 0 Å². The summed E-state index contributed by atoms with van der Waals surface area (Å²) in [5.74, 6) is -1.86.